The molecule has 0 aliphatic rings. The molecule has 2 atom stereocenters. The standard InChI is InChI=1S/C14H20Cl2O2/c1-8(2)9(3)12(15)10-6-7-11(17-4)13(16)14(10)18-5/h6-9,12H,1-5H3. The Bertz CT molecular complexity index is 405. The van der Waals surface area contributed by atoms with E-state index in [9.17, 15) is 0 Å². The minimum atomic E-state index is -0.136. The molecular formula is C14H20Cl2O2. The van der Waals surface area contributed by atoms with Crippen molar-refractivity contribution in [2.24, 2.45) is 11.8 Å². The zero-order valence-electron chi connectivity index (χ0n) is 11.5. The van der Waals surface area contributed by atoms with Gasteiger partial charge in [0.25, 0.3) is 0 Å². The Labute approximate surface area is 119 Å². The Hall–Kier alpha value is -0.600. The molecule has 0 fully saturated rings. The molecule has 0 N–H and O–H groups in total. The Balaban J connectivity index is 3.20. The molecule has 102 valence electrons. The Kier molecular flexibility index (Phi) is 5.61. The molecule has 0 aromatic heterocycles. The zero-order valence-corrected chi connectivity index (χ0v) is 13.0. The van der Waals surface area contributed by atoms with Gasteiger partial charge in [0, 0.05) is 5.56 Å². The number of halogens is 2. The molecule has 0 spiro atoms. The van der Waals surface area contributed by atoms with Crippen LogP contribution < -0.4 is 9.47 Å². The van der Waals surface area contributed by atoms with Crippen molar-refractivity contribution in [3.8, 4) is 11.5 Å². The van der Waals surface area contributed by atoms with Crippen LogP contribution in [0.1, 0.15) is 31.7 Å². The molecule has 0 saturated carbocycles. The number of methoxy groups -OCH3 is 2. The molecule has 0 aliphatic carbocycles. The van der Waals surface area contributed by atoms with Gasteiger partial charge in [-0.1, -0.05) is 38.4 Å². The maximum atomic E-state index is 6.52. The van der Waals surface area contributed by atoms with Crippen molar-refractivity contribution in [3.05, 3.63) is 22.7 Å². The molecule has 0 bridgehead atoms. The van der Waals surface area contributed by atoms with Crippen molar-refractivity contribution in [2.75, 3.05) is 14.2 Å². The lowest BCUT2D eigenvalue weighted by Gasteiger charge is -2.24. The van der Waals surface area contributed by atoms with Crippen LogP contribution in [0, 0.1) is 11.8 Å². The van der Waals surface area contributed by atoms with Gasteiger partial charge in [-0.3, -0.25) is 0 Å². The van der Waals surface area contributed by atoms with E-state index in [0.717, 1.165) is 5.56 Å². The van der Waals surface area contributed by atoms with Crippen LogP contribution in [0.2, 0.25) is 5.02 Å². The van der Waals surface area contributed by atoms with Crippen molar-refractivity contribution in [1.29, 1.82) is 0 Å². The largest absolute Gasteiger partial charge is 0.495 e. The number of alkyl halides is 1. The van der Waals surface area contributed by atoms with Gasteiger partial charge in [-0.15, -0.1) is 11.6 Å². The van der Waals surface area contributed by atoms with Crippen LogP contribution in [-0.2, 0) is 0 Å². The lowest BCUT2D eigenvalue weighted by Crippen LogP contribution is -2.12. The average Bonchev–Trinajstić information content (AvgIpc) is 2.36. The van der Waals surface area contributed by atoms with E-state index in [4.69, 9.17) is 32.7 Å². The summed E-state index contributed by atoms with van der Waals surface area (Å²) in [5.74, 6) is 2.00. The van der Waals surface area contributed by atoms with Gasteiger partial charge in [0.2, 0.25) is 0 Å². The van der Waals surface area contributed by atoms with Crippen LogP contribution in [0.3, 0.4) is 0 Å². The lowest BCUT2D eigenvalue weighted by atomic mass is 9.90. The first kappa shape index (κ1) is 15.5. The maximum absolute atomic E-state index is 6.52. The van der Waals surface area contributed by atoms with Crippen LogP contribution in [0.15, 0.2) is 12.1 Å². The number of hydrogen-bond donors (Lipinski definition) is 0. The minimum absolute atomic E-state index is 0.136. The van der Waals surface area contributed by atoms with Gasteiger partial charge in [0.1, 0.15) is 16.5 Å². The number of benzene rings is 1. The summed E-state index contributed by atoms with van der Waals surface area (Å²) in [6.45, 7) is 6.43. The summed E-state index contributed by atoms with van der Waals surface area (Å²) in [5, 5.41) is 0.336. The van der Waals surface area contributed by atoms with Gasteiger partial charge < -0.3 is 9.47 Å². The SMILES string of the molecule is COc1ccc(C(Cl)C(C)C(C)C)c(OC)c1Cl. The van der Waals surface area contributed by atoms with Crippen LogP contribution in [-0.4, -0.2) is 14.2 Å². The summed E-state index contributed by atoms with van der Waals surface area (Å²) < 4.78 is 10.5. The molecule has 0 amide bonds. The lowest BCUT2D eigenvalue weighted by molar-refractivity contribution is 0.373. The second-order valence-corrected chi connectivity index (χ2v) is 5.56. The monoisotopic (exact) mass is 290 g/mol. The first-order chi connectivity index (χ1) is 8.43. The molecule has 2 nitrogen and oxygen atoms in total. The van der Waals surface area contributed by atoms with E-state index in [1.54, 1.807) is 14.2 Å². The van der Waals surface area contributed by atoms with Crippen molar-refractivity contribution >= 4 is 23.2 Å². The third kappa shape index (κ3) is 3.04. The maximum Gasteiger partial charge on any atom is 0.145 e. The molecule has 0 radical (unpaired) electrons. The molecule has 1 rings (SSSR count). The highest BCUT2D eigenvalue weighted by Crippen LogP contribution is 2.44. The van der Waals surface area contributed by atoms with Crippen LogP contribution in [0.4, 0.5) is 0 Å². The second kappa shape index (κ2) is 6.53. The first-order valence-corrected chi connectivity index (χ1v) is 6.79. The predicted molar refractivity (Wildman–Crippen MR) is 77.2 cm³/mol. The summed E-state index contributed by atoms with van der Waals surface area (Å²) >= 11 is 12.8. The van der Waals surface area contributed by atoms with Gasteiger partial charge in [0.15, 0.2) is 0 Å². The van der Waals surface area contributed by atoms with Crippen molar-refractivity contribution in [1.82, 2.24) is 0 Å². The molecule has 4 heteroatoms. The fourth-order valence-corrected chi connectivity index (χ4v) is 2.55. The van der Waals surface area contributed by atoms with E-state index in [-0.39, 0.29) is 5.38 Å². The van der Waals surface area contributed by atoms with E-state index in [2.05, 4.69) is 20.8 Å². The van der Waals surface area contributed by atoms with Crippen LogP contribution in [0.5, 0.6) is 11.5 Å². The Morgan fingerprint density at radius 1 is 1.06 bits per heavy atom. The summed E-state index contributed by atoms with van der Waals surface area (Å²) in [5.41, 5.74) is 0.908. The molecule has 0 saturated heterocycles. The van der Waals surface area contributed by atoms with Gasteiger partial charge in [0.05, 0.1) is 19.6 Å². The number of hydrogen-bond acceptors (Lipinski definition) is 2. The summed E-state index contributed by atoms with van der Waals surface area (Å²) in [6, 6.07) is 3.74. The summed E-state index contributed by atoms with van der Waals surface area (Å²) in [6.07, 6.45) is 0. The number of rotatable bonds is 5. The van der Waals surface area contributed by atoms with E-state index < -0.39 is 0 Å². The molecule has 2 unspecified atom stereocenters. The first-order valence-electron chi connectivity index (χ1n) is 5.98. The van der Waals surface area contributed by atoms with Crippen molar-refractivity contribution in [3.63, 3.8) is 0 Å². The Morgan fingerprint density at radius 2 is 1.67 bits per heavy atom. The topological polar surface area (TPSA) is 18.5 Å². The fraction of sp³-hybridized carbons (Fsp3) is 0.571. The average molecular weight is 291 g/mol. The minimum Gasteiger partial charge on any atom is -0.495 e. The molecular weight excluding hydrogens is 271 g/mol. The highest BCUT2D eigenvalue weighted by Gasteiger charge is 2.25. The van der Waals surface area contributed by atoms with Gasteiger partial charge in [-0.05, 0) is 17.9 Å². The normalized spacial score (nSPS) is 14.4. The Morgan fingerprint density at radius 3 is 2.11 bits per heavy atom. The summed E-state index contributed by atoms with van der Waals surface area (Å²) in [7, 11) is 3.17. The molecule has 1 aromatic rings. The molecule has 1 aromatic carbocycles. The molecule has 0 aliphatic heterocycles. The van der Waals surface area contributed by atoms with Crippen molar-refractivity contribution < 1.29 is 9.47 Å². The van der Waals surface area contributed by atoms with Crippen LogP contribution in [0.25, 0.3) is 0 Å². The van der Waals surface area contributed by atoms with E-state index >= 15 is 0 Å². The second-order valence-electron chi connectivity index (χ2n) is 4.71. The van der Waals surface area contributed by atoms with Crippen LogP contribution >= 0.6 is 23.2 Å². The van der Waals surface area contributed by atoms with Crippen molar-refractivity contribution in [2.45, 2.75) is 26.1 Å². The quantitative estimate of drug-likeness (QED) is 0.716. The third-order valence-electron chi connectivity index (χ3n) is 3.33. The van der Waals surface area contributed by atoms with Gasteiger partial charge in [-0.2, -0.15) is 0 Å². The smallest absolute Gasteiger partial charge is 0.145 e. The van der Waals surface area contributed by atoms with E-state index in [1.807, 2.05) is 12.1 Å². The summed E-state index contributed by atoms with van der Waals surface area (Å²) in [4.78, 5) is 0. The van der Waals surface area contributed by atoms with Gasteiger partial charge >= 0.3 is 0 Å². The predicted octanol–water partition coefficient (Wildman–Crippen LogP) is 4.93. The molecule has 0 heterocycles. The number of ether oxygens (including phenoxy) is 2. The highest BCUT2D eigenvalue weighted by molar-refractivity contribution is 6.34. The third-order valence-corrected chi connectivity index (χ3v) is 4.32. The highest BCUT2D eigenvalue weighted by atomic mass is 35.5. The molecule has 18 heavy (non-hydrogen) atoms. The van der Waals surface area contributed by atoms with E-state index in [0.29, 0.717) is 28.4 Å². The zero-order chi connectivity index (χ0) is 13.9. The van der Waals surface area contributed by atoms with Gasteiger partial charge in [-0.25, -0.2) is 0 Å². The fourth-order valence-electron chi connectivity index (χ4n) is 1.76. The van der Waals surface area contributed by atoms with E-state index in [1.165, 1.54) is 0 Å².